The number of ether oxygens (including phenoxy) is 3. The second-order valence-corrected chi connectivity index (χ2v) is 4.20. The minimum atomic E-state index is 0.546. The van der Waals surface area contributed by atoms with Gasteiger partial charge in [-0.05, 0) is 13.0 Å². The molecule has 0 bridgehead atoms. The summed E-state index contributed by atoms with van der Waals surface area (Å²) in [6.45, 7) is 2.46. The molecule has 108 valence electrons. The number of benzene rings is 1. The van der Waals surface area contributed by atoms with Crippen LogP contribution in [-0.2, 0) is 7.05 Å². The third-order valence-electron chi connectivity index (χ3n) is 3.06. The summed E-state index contributed by atoms with van der Waals surface area (Å²) < 4.78 is 17.9. The number of aryl methyl sites for hydroxylation is 1. The number of hydrogen-bond donors (Lipinski definition) is 1. The number of anilines is 1. The molecule has 1 aromatic carbocycles. The molecule has 0 saturated heterocycles. The molecule has 2 N–H and O–H groups in total. The van der Waals surface area contributed by atoms with Gasteiger partial charge in [0.1, 0.15) is 11.6 Å². The zero-order valence-electron chi connectivity index (χ0n) is 12.1. The fourth-order valence-corrected chi connectivity index (χ4v) is 2.00. The standard InChI is InChI=1S/C14H19N3O3/c1-5-20-13-6-9(10-8-16-17(2)14(10)15)11(18-3)7-12(13)19-4/h6-8H,5,15H2,1-4H3. The van der Waals surface area contributed by atoms with Crippen LogP contribution in [0.1, 0.15) is 6.92 Å². The van der Waals surface area contributed by atoms with Crippen LogP contribution >= 0.6 is 0 Å². The quantitative estimate of drug-likeness (QED) is 0.906. The Bertz CT molecular complexity index is 608. The first kappa shape index (κ1) is 14.0. The topological polar surface area (TPSA) is 71.5 Å². The van der Waals surface area contributed by atoms with Crippen LogP contribution in [0.25, 0.3) is 11.1 Å². The Labute approximate surface area is 118 Å². The maximum Gasteiger partial charge on any atom is 0.164 e. The summed E-state index contributed by atoms with van der Waals surface area (Å²) in [5.74, 6) is 2.49. The van der Waals surface area contributed by atoms with Crippen molar-refractivity contribution in [1.82, 2.24) is 9.78 Å². The van der Waals surface area contributed by atoms with E-state index in [1.165, 1.54) is 0 Å². The molecule has 0 spiro atoms. The molecule has 0 aliphatic carbocycles. The lowest BCUT2D eigenvalue weighted by Crippen LogP contribution is -2.00. The number of nitrogens with two attached hydrogens (primary N) is 1. The average Bonchev–Trinajstić information content (AvgIpc) is 2.79. The molecule has 0 aliphatic heterocycles. The van der Waals surface area contributed by atoms with Crippen molar-refractivity contribution in [3.63, 3.8) is 0 Å². The predicted octanol–water partition coefficient (Wildman–Crippen LogP) is 2.09. The Morgan fingerprint density at radius 1 is 1.10 bits per heavy atom. The van der Waals surface area contributed by atoms with E-state index in [0.29, 0.717) is 29.7 Å². The van der Waals surface area contributed by atoms with Gasteiger partial charge in [0.25, 0.3) is 0 Å². The van der Waals surface area contributed by atoms with E-state index in [9.17, 15) is 0 Å². The van der Waals surface area contributed by atoms with Crippen molar-refractivity contribution in [3.05, 3.63) is 18.3 Å². The van der Waals surface area contributed by atoms with E-state index < -0.39 is 0 Å². The molecule has 1 aromatic heterocycles. The maximum absolute atomic E-state index is 6.03. The number of rotatable bonds is 5. The van der Waals surface area contributed by atoms with Gasteiger partial charge in [-0.1, -0.05) is 0 Å². The van der Waals surface area contributed by atoms with Crippen molar-refractivity contribution in [2.24, 2.45) is 7.05 Å². The molecule has 1 heterocycles. The van der Waals surface area contributed by atoms with Crippen LogP contribution < -0.4 is 19.9 Å². The highest BCUT2D eigenvalue weighted by molar-refractivity contribution is 5.80. The van der Waals surface area contributed by atoms with Crippen LogP contribution in [-0.4, -0.2) is 30.6 Å². The Morgan fingerprint density at radius 2 is 1.80 bits per heavy atom. The van der Waals surface area contributed by atoms with Crippen LogP contribution in [0.15, 0.2) is 18.3 Å². The first-order chi connectivity index (χ1) is 9.62. The van der Waals surface area contributed by atoms with Crippen LogP contribution in [0.3, 0.4) is 0 Å². The zero-order chi connectivity index (χ0) is 14.7. The zero-order valence-corrected chi connectivity index (χ0v) is 12.1. The van der Waals surface area contributed by atoms with E-state index in [2.05, 4.69) is 5.10 Å². The second-order valence-electron chi connectivity index (χ2n) is 4.20. The SMILES string of the molecule is CCOc1cc(-c2cnn(C)c2N)c(OC)cc1OC. The lowest BCUT2D eigenvalue weighted by Gasteiger charge is -2.14. The normalized spacial score (nSPS) is 10.4. The minimum absolute atomic E-state index is 0.546. The molecule has 0 aliphatic rings. The van der Waals surface area contributed by atoms with Crippen molar-refractivity contribution < 1.29 is 14.2 Å². The first-order valence-electron chi connectivity index (χ1n) is 6.29. The van der Waals surface area contributed by atoms with Crippen molar-refractivity contribution in [2.75, 3.05) is 26.6 Å². The smallest absolute Gasteiger partial charge is 0.164 e. The van der Waals surface area contributed by atoms with E-state index in [-0.39, 0.29) is 0 Å². The lowest BCUT2D eigenvalue weighted by atomic mass is 10.1. The largest absolute Gasteiger partial charge is 0.496 e. The number of nitrogens with zero attached hydrogens (tertiary/aromatic N) is 2. The summed E-state index contributed by atoms with van der Waals surface area (Å²) in [4.78, 5) is 0. The van der Waals surface area contributed by atoms with Crippen molar-refractivity contribution in [1.29, 1.82) is 0 Å². The Morgan fingerprint density at radius 3 is 2.30 bits per heavy atom. The van der Waals surface area contributed by atoms with Gasteiger partial charge in [0.15, 0.2) is 11.5 Å². The van der Waals surface area contributed by atoms with Gasteiger partial charge in [0.05, 0.1) is 27.0 Å². The molecular weight excluding hydrogens is 258 g/mol. The van der Waals surface area contributed by atoms with Gasteiger partial charge in [0.2, 0.25) is 0 Å². The van der Waals surface area contributed by atoms with E-state index in [1.807, 2.05) is 13.0 Å². The van der Waals surface area contributed by atoms with E-state index in [0.717, 1.165) is 11.1 Å². The van der Waals surface area contributed by atoms with Crippen LogP contribution in [0.2, 0.25) is 0 Å². The molecule has 0 radical (unpaired) electrons. The molecule has 0 amide bonds. The number of methoxy groups -OCH3 is 2. The lowest BCUT2D eigenvalue weighted by molar-refractivity contribution is 0.309. The van der Waals surface area contributed by atoms with Gasteiger partial charge >= 0.3 is 0 Å². The van der Waals surface area contributed by atoms with Gasteiger partial charge < -0.3 is 19.9 Å². The van der Waals surface area contributed by atoms with Gasteiger partial charge in [0, 0.05) is 24.2 Å². The summed E-state index contributed by atoms with van der Waals surface area (Å²) in [6, 6.07) is 3.64. The Hall–Kier alpha value is -2.37. The van der Waals surface area contributed by atoms with Crippen LogP contribution in [0.5, 0.6) is 17.2 Å². The maximum atomic E-state index is 6.03. The number of nitrogen functional groups attached to an aromatic ring is 1. The van der Waals surface area contributed by atoms with Crippen molar-refractivity contribution >= 4 is 5.82 Å². The van der Waals surface area contributed by atoms with E-state index >= 15 is 0 Å². The van der Waals surface area contributed by atoms with Gasteiger partial charge in [-0.25, -0.2) is 0 Å². The molecule has 6 nitrogen and oxygen atoms in total. The molecule has 2 rings (SSSR count). The van der Waals surface area contributed by atoms with Gasteiger partial charge in [-0.3, -0.25) is 4.68 Å². The van der Waals surface area contributed by atoms with Crippen LogP contribution in [0, 0.1) is 0 Å². The third kappa shape index (κ3) is 2.36. The summed E-state index contributed by atoms with van der Waals surface area (Å²) in [5.41, 5.74) is 7.65. The highest BCUT2D eigenvalue weighted by Gasteiger charge is 2.17. The van der Waals surface area contributed by atoms with Gasteiger partial charge in [-0.2, -0.15) is 5.10 Å². The molecule has 20 heavy (non-hydrogen) atoms. The highest BCUT2D eigenvalue weighted by Crippen LogP contribution is 2.41. The summed E-state index contributed by atoms with van der Waals surface area (Å²) in [5, 5.41) is 4.15. The fourth-order valence-electron chi connectivity index (χ4n) is 2.00. The third-order valence-corrected chi connectivity index (χ3v) is 3.06. The monoisotopic (exact) mass is 277 g/mol. The summed E-state index contributed by atoms with van der Waals surface area (Å²) >= 11 is 0. The molecular formula is C14H19N3O3. The predicted molar refractivity (Wildman–Crippen MR) is 77.3 cm³/mol. The molecule has 0 atom stereocenters. The van der Waals surface area contributed by atoms with E-state index in [4.69, 9.17) is 19.9 Å². The second kappa shape index (κ2) is 5.73. The number of hydrogen-bond acceptors (Lipinski definition) is 5. The fraction of sp³-hybridized carbons (Fsp3) is 0.357. The Balaban J connectivity index is 2.61. The Kier molecular flexibility index (Phi) is 4.02. The minimum Gasteiger partial charge on any atom is -0.496 e. The van der Waals surface area contributed by atoms with Crippen LogP contribution in [0.4, 0.5) is 5.82 Å². The molecule has 0 fully saturated rings. The van der Waals surface area contributed by atoms with E-state index in [1.54, 1.807) is 38.2 Å². The highest BCUT2D eigenvalue weighted by atomic mass is 16.5. The molecule has 2 aromatic rings. The van der Waals surface area contributed by atoms with Crippen molar-refractivity contribution in [2.45, 2.75) is 6.92 Å². The molecule has 0 saturated carbocycles. The van der Waals surface area contributed by atoms with Gasteiger partial charge in [-0.15, -0.1) is 0 Å². The molecule has 6 heteroatoms. The molecule has 0 unspecified atom stereocenters. The summed E-state index contributed by atoms with van der Waals surface area (Å²) in [7, 11) is 4.98. The van der Waals surface area contributed by atoms with Crippen molar-refractivity contribution in [3.8, 4) is 28.4 Å². The average molecular weight is 277 g/mol. The first-order valence-corrected chi connectivity index (χ1v) is 6.29. The summed E-state index contributed by atoms with van der Waals surface area (Å²) in [6.07, 6.45) is 1.70. The number of aromatic nitrogens is 2.